The molecule has 0 unspecified atom stereocenters. The molecule has 1 aromatic carbocycles. The zero-order chi connectivity index (χ0) is 19.7. The van der Waals surface area contributed by atoms with E-state index in [0.717, 1.165) is 32.1 Å². The maximum Gasteiger partial charge on any atom is 0.419 e. The van der Waals surface area contributed by atoms with Crippen molar-refractivity contribution in [1.82, 2.24) is 15.3 Å². The molecule has 1 saturated heterocycles. The van der Waals surface area contributed by atoms with Crippen LogP contribution in [0.2, 0.25) is 0 Å². The van der Waals surface area contributed by atoms with Gasteiger partial charge in [0.15, 0.2) is 0 Å². The molecule has 1 aliphatic heterocycles. The van der Waals surface area contributed by atoms with Gasteiger partial charge in [0.1, 0.15) is 0 Å². The normalized spacial score (nSPS) is 18.3. The van der Waals surface area contributed by atoms with E-state index in [4.69, 9.17) is 5.73 Å². The zero-order valence-electron chi connectivity index (χ0n) is 15.4. The quantitative estimate of drug-likeness (QED) is 0.708. The van der Waals surface area contributed by atoms with Crippen LogP contribution < -0.4 is 16.4 Å². The summed E-state index contributed by atoms with van der Waals surface area (Å²) in [4.78, 5) is 8.23. The number of rotatable bonds is 4. The van der Waals surface area contributed by atoms with E-state index in [1.165, 1.54) is 0 Å². The van der Waals surface area contributed by atoms with Crippen molar-refractivity contribution in [2.75, 3.05) is 24.1 Å². The molecule has 0 spiro atoms. The van der Waals surface area contributed by atoms with E-state index in [0.29, 0.717) is 11.3 Å². The molecule has 0 bridgehead atoms. The highest BCUT2D eigenvalue weighted by Gasteiger charge is 2.41. The fourth-order valence-electron chi connectivity index (χ4n) is 3.49. The SMILES string of the molecule is CC(C)(c1ccccc1N)c1nc(N[C@H]2CCCNC2)ncc1C(F)(F)F. The van der Waals surface area contributed by atoms with Gasteiger partial charge in [0.05, 0.1) is 11.3 Å². The lowest BCUT2D eigenvalue weighted by Crippen LogP contribution is -2.39. The van der Waals surface area contributed by atoms with Crippen molar-refractivity contribution in [3.8, 4) is 0 Å². The monoisotopic (exact) mass is 379 g/mol. The van der Waals surface area contributed by atoms with Gasteiger partial charge in [0, 0.05) is 29.9 Å². The van der Waals surface area contributed by atoms with Crippen LogP contribution in [0.1, 0.15) is 43.5 Å². The highest BCUT2D eigenvalue weighted by molar-refractivity contribution is 5.55. The maximum absolute atomic E-state index is 13.6. The Hall–Kier alpha value is -2.35. The van der Waals surface area contributed by atoms with Crippen LogP contribution in [0.25, 0.3) is 0 Å². The Labute approximate surface area is 156 Å². The van der Waals surface area contributed by atoms with Crippen molar-refractivity contribution >= 4 is 11.6 Å². The number of nitrogens with one attached hydrogen (secondary N) is 2. The van der Waals surface area contributed by atoms with Crippen LogP contribution in [-0.4, -0.2) is 29.1 Å². The van der Waals surface area contributed by atoms with Gasteiger partial charge in [-0.2, -0.15) is 13.2 Å². The van der Waals surface area contributed by atoms with Gasteiger partial charge in [-0.25, -0.2) is 9.97 Å². The van der Waals surface area contributed by atoms with Crippen LogP contribution in [0, 0.1) is 0 Å². The van der Waals surface area contributed by atoms with Gasteiger partial charge >= 0.3 is 6.18 Å². The minimum Gasteiger partial charge on any atom is -0.398 e. The number of halogens is 3. The second kappa shape index (κ2) is 7.34. The van der Waals surface area contributed by atoms with Crippen LogP contribution >= 0.6 is 0 Å². The molecule has 146 valence electrons. The summed E-state index contributed by atoms with van der Waals surface area (Å²) in [7, 11) is 0. The number of aromatic nitrogens is 2. The van der Waals surface area contributed by atoms with E-state index in [1.54, 1.807) is 38.1 Å². The third kappa shape index (κ3) is 4.16. The van der Waals surface area contributed by atoms with Crippen molar-refractivity contribution in [3.63, 3.8) is 0 Å². The molecule has 2 heterocycles. The molecule has 2 aromatic rings. The lowest BCUT2D eigenvalue weighted by molar-refractivity contribution is -0.139. The molecule has 0 amide bonds. The molecule has 0 saturated carbocycles. The lowest BCUT2D eigenvalue weighted by Gasteiger charge is -2.30. The third-order valence-corrected chi connectivity index (χ3v) is 4.95. The molecular formula is C19H24F3N5. The van der Waals surface area contributed by atoms with Crippen molar-refractivity contribution in [3.05, 3.63) is 47.3 Å². The number of hydrogen-bond acceptors (Lipinski definition) is 5. The number of para-hydroxylation sites is 1. The van der Waals surface area contributed by atoms with Crippen LogP contribution in [0.3, 0.4) is 0 Å². The van der Waals surface area contributed by atoms with E-state index in [-0.39, 0.29) is 17.7 Å². The maximum atomic E-state index is 13.6. The summed E-state index contributed by atoms with van der Waals surface area (Å²) in [6.07, 6.45) is -1.78. The molecule has 0 aliphatic carbocycles. The molecule has 1 aliphatic rings. The van der Waals surface area contributed by atoms with E-state index in [1.807, 2.05) is 0 Å². The van der Waals surface area contributed by atoms with E-state index in [2.05, 4.69) is 20.6 Å². The molecule has 1 aromatic heterocycles. The molecule has 4 N–H and O–H groups in total. The summed E-state index contributed by atoms with van der Waals surface area (Å²) in [5, 5.41) is 6.41. The first-order valence-corrected chi connectivity index (χ1v) is 8.96. The largest absolute Gasteiger partial charge is 0.419 e. The predicted octanol–water partition coefficient (Wildman–Crippen LogP) is 3.57. The lowest BCUT2D eigenvalue weighted by atomic mass is 9.78. The van der Waals surface area contributed by atoms with Gasteiger partial charge in [0.2, 0.25) is 5.95 Å². The summed E-state index contributed by atoms with van der Waals surface area (Å²) in [5.41, 5.74) is 5.10. The first-order valence-electron chi connectivity index (χ1n) is 8.96. The summed E-state index contributed by atoms with van der Waals surface area (Å²) in [6, 6.07) is 7.01. The van der Waals surface area contributed by atoms with E-state index in [9.17, 15) is 13.2 Å². The minimum absolute atomic E-state index is 0.0887. The standard InChI is InChI=1S/C19H24F3N5/c1-18(2,13-7-3-4-8-15(13)23)16-14(19(20,21)22)11-25-17(27-16)26-12-6-5-9-24-10-12/h3-4,7-8,11-12,24H,5-6,9-10,23H2,1-2H3,(H,25,26,27)/t12-/m0/s1. The second-order valence-corrected chi connectivity index (χ2v) is 7.35. The molecule has 1 atom stereocenters. The highest BCUT2D eigenvalue weighted by Crippen LogP contribution is 2.41. The number of nitrogens with zero attached hydrogens (tertiary/aromatic N) is 2. The van der Waals surface area contributed by atoms with Crippen LogP contribution in [0.5, 0.6) is 0 Å². The van der Waals surface area contributed by atoms with Gasteiger partial charge < -0.3 is 16.4 Å². The first-order chi connectivity index (χ1) is 12.7. The number of nitrogen functional groups attached to an aromatic ring is 1. The van der Waals surface area contributed by atoms with Gasteiger partial charge in [0.25, 0.3) is 0 Å². The van der Waals surface area contributed by atoms with Gasteiger partial charge in [-0.1, -0.05) is 32.0 Å². The topological polar surface area (TPSA) is 75.9 Å². The van der Waals surface area contributed by atoms with Crippen LogP contribution in [0.4, 0.5) is 24.8 Å². The Morgan fingerprint density at radius 1 is 1.19 bits per heavy atom. The Bertz CT molecular complexity index is 798. The van der Waals surface area contributed by atoms with Crippen molar-refractivity contribution in [2.45, 2.75) is 44.3 Å². The Morgan fingerprint density at radius 2 is 1.93 bits per heavy atom. The Kier molecular flexibility index (Phi) is 5.28. The number of alkyl halides is 3. The number of anilines is 2. The number of piperidine rings is 1. The van der Waals surface area contributed by atoms with Crippen LogP contribution in [-0.2, 0) is 11.6 Å². The summed E-state index contributed by atoms with van der Waals surface area (Å²) in [6.45, 7) is 5.07. The molecule has 1 fully saturated rings. The molecular weight excluding hydrogens is 355 g/mol. The molecule has 8 heteroatoms. The van der Waals surface area contributed by atoms with E-state index >= 15 is 0 Å². The second-order valence-electron chi connectivity index (χ2n) is 7.35. The average Bonchev–Trinajstić information content (AvgIpc) is 2.62. The first kappa shape index (κ1) is 19.4. The molecule has 27 heavy (non-hydrogen) atoms. The molecule has 3 rings (SSSR count). The molecule has 5 nitrogen and oxygen atoms in total. The number of benzene rings is 1. The number of nitrogens with two attached hydrogens (primary N) is 1. The smallest absolute Gasteiger partial charge is 0.398 e. The Balaban J connectivity index is 2.04. The third-order valence-electron chi connectivity index (χ3n) is 4.95. The van der Waals surface area contributed by atoms with Gasteiger partial charge in [-0.05, 0) is 31.0 Å². The van der Waals surface area contributed by atoms with Crippen molar-refractivity contribution in [2.24, 2.45) is 0 Å². The summed E-state index contributed by atoms with van der Waals surface area (Å²) < 4.78 is 40.9. The minimum atomic E-state index is -4.55. The number of hydrogen-bond donors (Lipinski definition) is 3. The summed E-state index contributed by atoms with van der Waals surface area (Å²) in [5.74, 6) is 0.203. The Morgan fingerprint density at radius 3 is 2.56 bits per heavy atom. The highest BCUT2D eigenvalue weighted by atomic mass is 19.4. The van der Waals surface area contributed by atoms with Crippen molar-refractivity contribution < 1.29 is 13.2 Å². The van der Waals surface area contributed by atoms with Crippen LogP contribution in [0.15, 0.2) is 30.5 Å². The fraction of sp³-hybridized carbons (Fsp3) is 0.474. The van der Waals surface area contributed by atoms with E-state index < -0.39 is 17.2 Å². The summed E-state index contributed by atoms with van der Waals surface area (Å²) >= 11 is 0. The fourth-order valence-corrected chi connectivity index (χ4v) is 3.49. The zero-order valence-corrected chi connectivity index (χ0v) is 15.4. The van der Waals surface area contributed by atoms with Gasteiger partial charge in [-0.15, -0.1) is 0 Å². The van der Waals surface area contributed by atoms with Crippen molar-refractivity contribution in [1.29, 1.82) is 0 Å². The predicted molar refractivity (Wildman–Crippen MR) is 99.5 cm³/mol. The van der Waals surface area contributed by atoms with Gasteiger partial charge in [-0.3, -0.25) is 0 Å². The average molecular weight is 379 g/mol. The molecule has 0 radical (unpaired) electrons.